The molecule has 0 heterocycles. The van der Waals surface area contributed by atoms with Gasteiger partial charge in [-0.05, 0) is 12.8 Å². The van der Waals surface area contributed by atoms with Gasteiger partial charge in [-0.15, -0.1) is 0 Å². The predicted molar refractivity (Wildman–Crippen MR) is 108 cm³/mol. The molecule has 26 heavy (non-hydrogen) atoms. The molecule has 0 aromatic heterocycles. The molecule has 156 valence electrons. The molecule has 1 atom stereocenters. The summed E-state index contributed by atoms with van der Waals surface area (Å²) in [5.41, 5.74) is 0. The normalized spacial score (nSPS) is 12.3. The molecule has 0 amide bonds. The fourth-order valence-corrected chi connectivity index (χ4v) is 2.97. The lowest BCUT2D eigenvalue weighted by Gasteiger charge is -2.15. The Kier molecular flexibility index (Phi) is 20.2. The lowest BCUT2D eigenvalue weighted by atomic mass is 10.1. The maximum Gasteiger partial charge on any atom is 0.306 e. The van der Waals surface area contributed by atoms with E-state index in [1.807, 2.05) is 0 Å². The summed E-state index contributed by atoms with van der Waals surface area (Å²) in [6, 6.07) is 0. The first-order valence-electron chi connectivity index (χ1n) is 11.1. The average molecular weight is 373 g/mol. The van der Waals surface area contributed by atoms with E-state index in [2.05, 4.69) is 13.8 Å². The lowest BCUT2D eigenvalue weighted by Crippen LogP contribution is -2.27. The summed E-state index contributed by atoms with van der Waals surface area (Å²) in [7, 11) is 0. The van der Waals surface area contributed by atoms with Crippen molar-refractivity contribution in [3.05, 3.63) is 0 Å². The standard InChI is InChI=1S/C22H44O4/c1-3-5-7-9-11-13-15-17-22(24)26-21(19-23)20-25-18-16-14-12-10-8-6-4-2/h21,23H,3-20H2,1-2H3. The van der Waals surface area contributed by atoms with E-state index in [-0.39, 0.29) is 12.6 Å². The van der Waals surface area contributed by atoms with Crippen LogP contribution in [-0.2, 0) is 14.3 Å². The van der Waals surface area contributed by atoms with Gasteiger partial charge in [0.1, 0.15) is 6.10 Å². The molecular weight excluding hydrogens is 328 g/mol. The van der Waals surface area contributed by atoms with Crippen molar-refractivity contribution in [3.63, 3.8) is 0 Å². The van der Waals surface area contributed by atoms with Crippen LogP contribution in [0.4, 0.5) is 0 Å². The number of aliphatic hydroxyl groups excluding tert-OH is 1. The van der Waals surface area contributed by atoms with Gasteiger partial charge in [0, 0.05) is 13.0 Å². The number of ether oxygens (including phenoxy) is 2. The molecule has 4 nitrogen and oxygen atoms in total. The highest BCUT2D eigenvalue weighted by molar-refractivity contribution is 5.69. The molecular formula is C22H44O4. The lowest BCUT2D eigenvalue weighted by molar-refractivity contribution is -0.154. The van der Waals surface area contributed by atoms with Crippen LogP contribution in [0.2, 0.25) is 0 Å². The summed E-state index contributed by atoms with van der Waals surface area (Å²) in [4.78, 5) is 11.8. The molecule has 1 N–H and O–H groups in total. The Morgan fingerprint density at radius 2 is 1.27 bits per heavy atom. The molecule has 1 unspecified atom stereocenters. The Morgan fingerprint density at radius 1 is 0.769 bits per heavy atom. The third kappa shape index (κ3) is 18.2. The first-order valence-corrected chi connectivity index (χ1v) is 11.1. The summed E-state index contributed by atoms with van der Waals surface area (Å²) >= 11 is 0. The highest BCUT2D eigenvalue weighted by atomic mass is 16.6. The number of rotatable bonds is 20. The fourth-order valence-electron chi connectivity index (χ4n) is 2.97. The molecule has 0 saturated carbocycles. The largest absolute Gasteiger partial charge is 0.457 e. The minimum atomic E-state index is -0.517. The van der Waals surface area contributed by atoms with E-state index in [0.717, 1.165) is 19.3 Å². The number of hydrogen-bond donors (Lipinski definition) is 1. The van der Waals surface area contributed by atoms with Gasteiger partial charge in [-0.3, -0.25) is 4.79 Å². The molecule has 0 bridgehead atoms. The van der Waals surface area contributed by atoms with Crippen molar-refractivity contribution in [1.82, 2.24) is 0 Å². The van der Waals surface area contributed by atoms with E-state index < -0.39 is 6.10 Å². The third-order valence-corrected chi connectivity index (χ3v) is 4.68. The third-order valence-electron chi connectivity index (χ3n) is 4.68. The molecule has 4 heteroatoms. The van der Waals surface area contributed by atoms with E-state index in [0.29, 0.717) is 19.6 Å². The Labute approximate surface area is 162 Å². The summed E-state index contributed by atoms with van der Waals surface area (Å²) in [5.74, 6) is -0.211. The van der Waals surface area contributed by atoms with Gasteiger partial charge in [-0.1, -0.05) is 90.9 Å². The number of hydrogen-bond acceptors (Lipinski definition) is 4. The second-order valence-corrected chi connectivity index (χ2v) is 7.36. The van der Waals surface area contributed by atoms with Crippen LogP contribution >= 0.6 is 0 Å². The molecule has 0 aromatic rings. The number of carbonyl (C=O) groups is 1. The smallest absolute Gasteiger partial charge is 0.306 e. The van der Waals surface area contributed by atoms with Crippen molar-refractivity contribution < 1.29 is 19.4 Å². The minimum Gasteiger partial charge on any atom is -0.457 e. The van der Waals surface area contributed by atoms with Crippen LogP contribution in [0.1, 0.15) is 110 Å². The molecule has 0 aliphatic heterocycles. The molecule has 0 fully saturated rings. The predicted octanol–water partition coefficient (Wildman–Crippen LogP) is 5.80. The number of unbranched alkanes of at least 4 members (excludes halogenated alkanes) is 12. The Balaban J connectivity index is 3.49. The highest BCUT2D eigenvalue weighted by Crippen LogP contribution is 2.10. The summed E-state index contributed by atoms with van der Waals surface area (Å²) < 4.78 is 10.9. The van der Waals surface area contributed by atoms with E-state index in [4.69, 9.17) is 9.47 Å². The van der Waals surface area contributed by atoms with Crippen molar-refractivity contribution >= 4 is 5.97 Å². The molecule has 0 aliphatic carbocycles. The van der Waals surface area contributed by atoms with Crippen molar-refractivity contribution in [2.24, 2.45) is 0 Å². The van der Waals surface area contributed by atoms with E-state index in [1.54, 1.807) is 0 Å². The molecule has 0 rings (SSSR count). The molecule has 0 spiro atoms. The summed E-state index contributed by atoms with van der Waals surface area (Å²) in [6.07, 6.45) is 16.9. The first-order chi connectivity index (χ1) is 12.7. The molecule has 0 saturated heterocycles. The van der Waals surface area contributed by atoms with Crippen LogP contribution in [0.25, 0.3) is 0 Å². The SMILES string of the molecule is CCCCCCCCCOCC(CO)OC(=O)CCCCCCCCC. The van der Waals surface area contributed by atoms with Gasteiger partial charge < -0.3 is 14.6 Å². The summed E-state index contributed by atoms with van der Waals surface area (Å²) in [6.45, 7) is 5.26. The van der Waals surface area contributed by atoms with E-state index in [1.165, 1.54) is 70.6 Å². The van der Waals surface area contributed by atoms with Gasteiger partial charge in [0.25, 0.3) is 0 Å². The second-order valence-electron chi connectivity index (χ2n) is 7.36. The van der Waals surface area contributed by atoms with Gasteiger partial charge >= 0.3 is 5.97 Å². The Morgan fingerprint density at radius 3 is 1.81 bits per heavy atom. The Hall–Kier alpha value is -0.610. The van der Waals surface area contributed by atoms with Crippen LogP contribution < -0.4 is 0 Å². The van der Waals surface area contributed by atoms with Crippen molar-refractivity contribution in [2.45, 2.75) is 116 Å². The van der Waals surface area contributed by atoms with Crippen LogP contribution in [0.5, 0.6) is 0 Å². The van der Waals surface area contributed by atoms with Gasteiger partial charge in [0.2, 0.25) is 0 Å². The van der Waals surface area contributed by atoms with Crippen molar-refractivity contribution in [2.75, 3.05) is 19.8 Å². The van der Waals surface area contributed by atoms with E-state index in [9.17, 15) is 9.90 Å². The monoisotopic (exact) mass is 372 g/mol. The quantitative estimate of drug-likeness (QED) is 0.217. The van der Waals surface area contributed by atoms with Crippen LogP contribution in [0.3, 0.4) is 0 Å². The molecule has 0 aromatic carbocycles. The number of aliphatic hydroxyl groups is 1. The Bertz CT molecular complexity index is 294. The summed E-state index contributed by atoms with van der Waals surface area (Å²) in [5, 5.41) is 9.33. The van der Waals surface area contributed by atoms with Gasteiger partial charge in [0.15, 0.2) is 0 Å². The first kappa shape index (κ1) is 25.4. The van der Waals surface area contributed by atoms with Gasteiger partial charge in [0.05, 0.1) is 13.2 Å². The zero-order chi connectivity index (χ0) is 19.3. The van der Waals surface area contributed by atoms with Crippen molar-refractivity contribution in [1.29, 1.82) is 0 Å². The maximum absolute atomic E-state index is 11.8. The fraction of sp³-hybridized carbons (Fsp3) is 0.955. The molecule has 0 aliphatic rings. The highest BCUT2D eigenvalue weighted by Gasteiger charge is 2.13. The van der Waals surface area contributed by atoms with Crippen LogP contribution in [0.15, 0.2) is 0 Å². The molecule has 0 radical (unpaired) electrons. The number of esters is 1. The van der Waals surface area contributed by atoms with Crippen LogP contribution in [0, 0.1) is 0 Å². The van der Waals surface area contributed by atoms with Crippen LogP contribution in [-0.4, -0.2) is 37.0 Å². The zero-order valence-electron chi connectivity index (χ0n) is 17.5. The van der Waals surface area contributed by atoms with Crippen molar-refractivity contribution in [3.8, 4) is 0 Å². The van der Waals surface area contributed by atoms with Gasteiger partial charge in [-0.25, -0.2) is 0 Å². The van der Waals surface area contributed by atoms with Gasteiger partial charge in [-0.2, -0.15) is 0 Å². The number of carbonyl (C=O) groups excluding carboxylic acids is 1. The topological polar surface area (TPSA) is 55.8 Å². The zero-order valence-corrected chi connectivity index (χ0v) is 17.5. The average Bonchev–Trinajstić information content (AvgIpc) is 2.65. The second kappa shape index (κ2) is 20.7. The maximum atomic E-state index is 11.8. The minimum absolute atomic E-state index is 0.167. The van der Waals surface area contributed by atoms with E-state index >= 15 is 0 Å².